The van der Waals surface area contributed by atoms with Gasteiger partial charge in [0.05, 0.1) is 4.92 Å². The summed E-state index contributed by atoms with van der Waals surface area (Å²) in [5, 5.41) is 16.2. The zero-order valence-corrected chi connectivity index (χ0v) is 10.3. The highest BCUT2D eigenvalue weighted by molar-refractivity contribution is 5.75. The molecular formula is C12H17N3O3. The van der Waals surface area contributed by atoms with Crippen LogP contribution >= 0.6 is 0 Å². The third-order valence-corrected chi connectivity index (χ3v) is 2.51. The van der Waals surface area contributed by atoms with Crippen LogP contribution in [0.3, 0.4) is 0 Å². The Balaban J connectivity index is 2.23. The highest BCUT2D eigenvalue weighted by Crippen LogP contribution is 2.11. The molecule has 0 aliphatic carbocycles. The normalized spacial score (nSPS) is 10.1. The van der Waals surface area contributed by atoms with E-state index in [1.54, 1.807) is 19.2 Å². The lowest BCUT2D eigenvalue weighted by atomic mass is 10.2. The number of hydrogen-bond donors (Lipinski definition) is 2. The van der Waals surface area contributed by atoms with Gasteiger partial charge in [0.1, 0.15) is 0 Å². The molecule has 0 aliphatic heterocycles. The second kappa shape index (κ2) is 7.39. The number of nitro benzene ring substituents is 1. The summed E-state index contributed by atoms with van der Waals surface area (Å²) in [4.78, 5) is 21.0. The Morgan fingerprint density at radius 3 is 2.56 bits per heavy atom. The molecule has 0 atom stereocenters. The minimum absolute atomic E-state index is 0.0344. The summed E-state index contributed by atoms with van der Waals surface area (Å²) >= 11 is 0. The molecule has 0 unspecified atom stereocenters. The Labute approximate surface area is 106 Å². The van der Waals surface area contributed by atoms with Crippen molar-refractivity contribution >= 4 is 11.6 Å². The van der Waals surface area contributed by atoms with Crippen molar-refractivity contribution < 1.29 is 9.72 Å². The number of benzene rings is 1. The molecule has 0 aromatic heterocycles. The molecule has 18 heavy (non-hydrogen) atoms. The Morgan fingerprint density at radius 2 is 2.00 bits per heavy atom. The number of carbonyl (C=O) groups is 1. The van der Waals surface area contributed by atoms with Crippen LogP contribution in [0.2, 0.25) is 0 Å². The third-order valence-electron chi connectivity index (χ3n) is 2.51. The summed E-state index contributed by atoms with van der Waals surface area (Å²) in [5.41, 5.74) is 1.08. The maximum atomic E-state index is 10.9. The summed E-state index contributed by atoms with van der Waals surface area (Å²) in [6, 6.07) is 6.43. The quantitative estimate of drug-likeness (QED) is 0.433. The van der Waals surface area contributed by atoms with Crippen molar-refractivity contribution in [2.45, 2.75) is 19.4 Å². The molecule has 6 heteroatoms. The van der Waals surface area contributed by atoms with Crippen LogP contribution in [-0.2, 0) is 11.3 Å². The second-order valence-corrected chi connectivity index (χ2v) is 3.88. The van der Waals surface area contributed by atoms with E-state index >= 15 is 0 Å². The largest absolute Gasteiger partial charge is 0.359 e. The number of amides is 1. The molecule has 1 aromatic rings. The molecule has 0 aliphatic rings. The fraction of sp³-hybridized carbons (Fsp3) is 0.417. The van der Waals surface area contributed by atoms with Gasteiger partial charge in [0.15, 0.2) is 0 Å². The Bertz CT molecular complexity index is 404. The first-order chi connectivity index (χ1) is 8.63. The Kier molecular flexibility index (Phi) is 5.79. The number of carbonyl (C=O) groups excluding carboxylic acids is 1. The lowest BCUT2D eigenvalue weighted by Crippen LogP contribution is -2.20. The van der Waals surface area contributed by atoms with E-state index in [1.165, 1.54) is 12.1 Å². The van der Waals surface area contributed by atoms with E-state index in [0.29, 0.717) is 13.0 Å². The van der Waals surface area contributed by atoms with E-state index in [0.717, 1.165) is 18.5 Å². The van der Waals surface area contributed by atoms with Crippen LogP contribution in [0.5, 0.6) is 0 Å². The van der Waals surface area contributed by atoms with Gasteiger partial charge in [-0.2, -0.15) is 0 Å². The molecule has 0 bridgehead atoms. The van der Waals surface area contributed by atoms with Gasteiger partial charge in [0.2, 0.25) is 5.91 Å². The fourth-order valence-electron chi connectivity index (χ4n) is 1.47. The van der Waals surface area contributed by atoms with Crippen molar-refractivity contribution in [2.24, 2.45) is 0 Å². The van der Waals surface area contributed by atoms with Gasteiger partial charge in [-0.3, -0.25) is 14.9 Å². The molecule has 98 valence electrons. The molecular weight excluding hydrogens is 234 g/mol. The summed E-state index contributed by atoms with van der Waals surface area (Å²) in [7, 11) is 1.62. The van der Waals surface area contributed by atoms with Crippen LogP contribution in [0.25, 0.3) is 0 Å². The molecule has 0 saturated carbocycles. The zero-order chi connectivity index (χ0) is 13.4. The number of nitro groups is 1. The van der Waals surface area contributed by atoms with E-state index in [9.17, 15) is 14.9 Å². The molecule has 1 amide bonds. The van der Waals surface area contributed by atoms with Gasteiger partial charge >= 0.3 is 0 Å². The molecule has 6 nitrogen and oxygen atoms in total. The van der Waals surface area contributed by atoms with Crippen LogP contribution in [-0.4, -0.2) is 24.4 Å². The van der Waals surface area contributed by atoms with Gasteiger partial charge in [0.25, 0.3) is 5.69 Å². The number of nitrogens with zero attached hydrogens (tertiary/aromatic N) is 1. The van der Waals surface area contributed by atoms with Crippen LogP contribution in [0, 0.1) is 10.1 Å². The van der Waals surface area contributed by atoms with Crippen molar-refractivity contribution in [3.63, 3.8) is 0 Å². The van der Waals surface area contributed by atoms with E-state index in [4.69, 9.17) is 0 Å². The van der Waals surface area contributed by atoms with Crippen molar-refractivity contribution in [1.29, 1.82) is 0 Å². The molecule has 0 spiro atoms. The average molecular weight is 251 g/mol. The third kappa shape index (κ3) is 4.92. The highest BCUT2D eigenvalue weighted by atomic mass is 16.6. The molecule has 0 saturated heterocycles. The average Bonchev–Trinajstić information content (AvgIpc) is 2.38. The number of nitrogens with one attached hydrogen (secondary N) is 2. The topological polar surface area (TPSA) is 84.3 Å². The smallest absolute Gasteiger partial charge is 0.269 e. The summed E-state index contributed by atoms with van der Waals surface area (Å²) in [6.07, 6.45) is 1.27. The predicted octanol–water partition coefficient (Wildman–Crippen LogP) is 1.21. The first-order valence-corrected chi connectivity index (χ1v) is 5.78. The van der Waals surface area contributed by atoms with E-state index < -0.39 is 4.92 Å². The maximum absolute atomic E-state index is 10.9. The zero-order valence-electron chi connectivity index (χ0n) is 10.3. The molecule has 1 rings (SSSR count). The number of non-ortho nitro benzene ring substituents is 1. The van der Waals surface area contributed by atoms with E-state index in [1.807, 2.05) is 0 Å². The molecule has 0 fully saturated rings. The van der Waals surface area contributed by atoms with Crippen molar-refractivity contribution in [3.8, 4) is 0 Å². The first-order valence-electron chi connectivity index (χ1n) is 5.78. The van der Waals surface area contributed by atoms with Gasteiger partial charge in [-0.15, -0.1) is 0 Å². The highest BCUT2D eigenvalue weighted by Gasteiger charge is 2.03. The van der Waals surface area contributed by atoms with Crippen LogP contribution in [0.4, 0.5) is 5.69 Å². The standard InChI is InChI=1S/C12H17N3O3/c1-13-12(16)3-2-8-14-9-10-4-6-11(7-5-10)15(17)18/h4-7,14H,2-3,8-9H2,1H3,(H,13,16). The van der Waals surface area contributed by atoms with Crippen molar-refractivity contribution in [3.05, 3.63) is 39.9 Å². The van der Waals surface area contributed by atoms with Gasteiger partial charge in [-0.05, 0) is 18.5 Å². The predicted molar refractivity (Wildman–Crippen MR) is 68.1 cm³/mol. The molecule has 1 aromatic carbocycles. The van der Waals surface area contributed by atoms with Crippen molar-refractivity contribution in [1.82, 2.24) is 10.6 Å². The lowest BCUT2D eigenvalue weighted by Gasteiger charge is -2.04. The lowest BCUT2D eigenvalue weighted by molar-refractivity contribution is -0.384. The van der Waals surface area contributed by atoms with Gasteiger partial charge in [-0.25, -0.2) is 0 Å². The van der Waals surface area contributed by atoms with Gasteiger partial charge in [0, 0.05) is 32.1 Å². The second-order valence-electron chi connectivity index (χ2n) is 3.88. The number of rotatable bonds is 7. The van der Waals surface area contributed by atoms with Gasteiger partial charge in [-0.1, -0.05) is 12.1 Å². The van der Waals surface area contributed by atoms with E-state index in [2.05, 4.69) is 10.6 Å². The van der Waals surface area contributed by atoms with Crippen LogP contribution in [0.1, 0.15) is 18.4 Å². The maximum Gasteiger partial charge on any atom is 0.269 e. The van der Waals surface area contributed by atoms with Crippen molar-refractivity contribution in [2.75, 3.05) is 13.6 Å². The Hall–Kier alpha value is -1.95. The monoisotopic (exact) mass is 251 g/mol. The minimum atomic E-state index is -0.416. The van der Waals surface area contributed by atoms with Crippen LogP contribution < -0.4 is 10.6 Å². The minimum Gasteiger partial charge on any atom is -0.359 e. The molecule has 0 heterocycles. The van der Waals surface area contributed by atoms with Gasteiger partial charge < -0.3 is 10.6 Å². The van der Waals surface area contributed by atoms with Crippen LogP contribution in [0.15, 0.2) is 24.3 Å². The summed E-state index contributed by atoms with van der Waals surface area (Å²) in [5.74, 6) is 0.0344. The molecule has 0 radical (unpaired) electrons. The number of hydrogen-bond acceptors (Lipinski definition) is 4. The molecule has 2 N–H and O–H groups in total. The summed E-state index contributed by atoms with van der Waals surface area (Å²) < 4.78 is 0. The summed E-state index contributed by atoms with van der Waals surface area (Å²) in [6.45, 7) is 1.39. The Morgan fingerprint density at radius 1 is 1.33 bits per heavy atom. The first kappa shape index (κ1) is 14.1. The SMILES string of the molecule is CNC(=O)CCCNCc1ccc([N+](=O)[O-])cc1. The fourth-order valence-corrected chi connectivity index (χ4v) is 1.47. The van der Waals surface area contributed by atoms with E-state index in [-0.39, 0.29) is 11.6 Å².